The molecular formula is C17H17BrN4O5. The third kappa shape index (κ3) is 3.85. The molecule has 3 rings (SSSR count). The van der Waals surface area contributed by atoms with Crippen LogP contribution in [0.1, 0.15) is 29.0 Å². The minimum atomic E-state index is -0.789. The molecule has 0 saturated carbocycles. The Kier molecular flexibility index (Phi) is 5.26. The van der Waals surface area contributed by atoms with Crippen LogP contribution in [0.2, 0.25) is 0 Å². The van der Waals surface area contributed by atoms with Gasteiger partial charge in [0, 0.05) is 10.9 Å². The van der Waals surface area contributed by atoms with Gasteiger partial charge in [-0.25, -0.2) is 4.98 Å². The summed E-state index contributed by atoms with van der Waals surface area (Å²) in [5, 5.41) is 4.84. The van der Waals surface area contributed by atoms with Crippen LogP contribution in [-0.2, 0) is 25.7 Å². The first kappa shape index (κ1) is 19.0. The number of halogens is 1. The van der Waals surface area contributed by atoms with Gasteiger partial charge in [-0.05, 0) is 25.5 Å². The minimum absolute atomic E-state index is 0.0382. The van der Waals surface area contributed by atoms with E-state index in [4.69, 9.17) is 4.74 Å². The van der Waals surface area contributed by atoms with Crippen LogP contribution in [-0.4, -0.2) is 46.4 Å². The van der Waals surface area contributed by atoms with E-state index in [1.165, 1.54) is 7.11 Å². The number of imide groups is 1. The van der Waals surface area contributed by atoms with Crippen molar-refractivity contribution < 1.29 is 23.9 Å². The van der Waals surface area contributed by atoms with E-state index in [9.17, 15) is 19.2 Å². The van der Waals surface area contributed by atoms with Crippen LogP contribution in [0.3, 0.4) is 0 Å². The van der Waals surface area contributed by atoms with E-state index in [0.29, 0.717) is 21.3 Å². The highest BCUT2D eigenvalue weighted by Gasteiger charge is 2.29. The first-order valence-corrected chi connectivity index (χ1v) is 8.97. The number of nitrogens with one attached hydrogen (secondary N) is 2. The lowest BCUT2D eigenvalue weighted by Crippen LogP contribution is -2.52. The summed E-state index contributed by atoms with van der Waals surface area (Å²) >= 11 is 3.36. The van der Waals surface area contributed by atoms with Gasteiger partial charge in [-0.1, -0.05) is 15.9 Å². The molecule has 0 aliphatic carbocycles. The van der Waals surface area contributed by atoms with Gasteiger partial charge in [-0.3, -0.25) is 24.5 Å². The number of carbonyl (C=O) groups is 4. The number of hydrogen-bond donors (Lipinski definition) is 2. The number of methoxy groups -OCH3 is 1. The number of fused-ring (bicyclic) bond motifs is 1. The van der Waals surface area contributed by atoms with Crippen molar-refractivity contribution >= 4 is 50.7 Å². The van der Waals surface area contributed by atoms with Crippen LogP contribution in [0.15, 0.2) is 16.6 Å². The van der Waals surface area contributed by atoms with Gasteiger partial charge in [0.1, 0.15) is 23.9 Å². The van der Waals surface area contributed by atoms with Crippen LogP contribution < -0.4 is 10.6 Å². The van der Waals surface area contributed by atoms with Gasteiger partial charge in [-0.2, -0.15) is 0 Å². The van der Waals surface area contributed by atoms with Crippen molar-refractivity contribution in [2.45, 2.75) is 32.4 Å². The Labute approximate surface area is 162 Å². The molecule has 1 fully saturated rings. The Morgan fingerprint density at radius 1 is 1.41 bits per heavy atom. The van der Waals surface area contributed by atoms with Crippen molar-refractivity contribution in [1.29, 1.82) is 0 Å². The quantitative estimate of drug-likeness (QED) is 0.540. The van der Waals surface area contributed by atoms with Crippen LogP contribution in [0.25, 0.3) is 11.0 Å². The molecule has 3 amide bonds. The Morgan fingerprint density at radius 2 is 2.15 bits per heavy atom. The van der Waals surface area contributed by atoms with E-state index < -0.39 is 23.8 Å². The molecule has 1 aromatic heterocycles. The number of benzene rings is 1. The first-order valence-electron chi connectivity index (χ1n) is 8.18. The Bertz CT molecular complexity index is 968. The lowest BCUT2D eigenvalue weighted by atomic mass is 10.1. The number of aryl methyl sites for hydroxylation is 1. The summed E-state index contributed by atoms with van der Waals surface area (Å²) in [4.78, 5) is 52.0. The number of amides is 3. The predicted molar refractivity (Wildman–Crippen MR) is 97.8 cm³/mol. The molecule has 1 saturated heterocycles. The number of imidazole rings is 1. The van der Waals surface area contributed by atoms with Crippen LogP contribution in [0.4, 0.5) is 0 Å². The third-order valence-electron chi connectivity index (χ3n) is 4.31. The maximum absolute atomic E-state index is 12.8. The molecule has 0 bridgehead atoms. The maximum atomic E-state index is 12.8. The lowest BCUT2D eigenvalue weighted by molar-refractivity contribution is -0.141. The molecular weight excluding hydrogens is 420 g/mol. The summed E-state index contributed by atoms with van der Waals surface area (Å²) in [6.45, 7) is 1.68. The molecule has 1 aliphatic rings. The van der Waals surface area contributed by atoms with Crippen molar-refractivity contribution in [2.24, 2.45) is 0 Å². The predicted octanol–water partition coefficient (Wildman–Crippen LogP) is 0.815. The minimum Gasteiger partial charge on any atom is -0.468 e. The number of nitrogens with zero attached hydrogens (tertiary/aromatic N) is 2. The van der Waals surface area contributed by atoms with Crippen molar-refractivity contribution in [1.82, 2.24) is 20.2 Å². The number of carbonyl (C=O) groups excluding carboxylic acids is 4. The summed E-state index contributed by atoms with van der Waals surface area (Å²) in [5.74, 6) is -1.26. The number of esters is 1. The molecule has 10 heteroatoms. The number of rotatable bonds is 4. The highest BCUT2D eigenvalue weighted by atomic mass is 79.9. The summed E-state index contributed by atoms with van der Waals surface area (Å²) in [7, 11) is 1.30. The molecule has 2 N–H and O–H groups in total. The van der Waals surface area contributed by atoms with E-state index >= 15 is 0 Å². The molecule has 1 atom stereocenters. The second-order valence-corrected chi connectivity index (χ2v) is 7.04. The van der Waals surface area contributed by atoms with Gasteiger partial charge in [0.05, 0.1) is 18.2 Å². The molecule has 0 spiro atoms. The first-order chi connectivity index (χ1) is 12.8. The maximum Gasteiger partial charge on any atom is 0.325 e. The molecule has 1 aromatic carbocycles. The monoisotopic (exact) mass is 436 g/mol. The second kappa shape index (κ2) is 7.47. The van der Waals surface area contributed by atoms with Gasteiger partial charge in [0.25, 0.3) is 5.91 Å². The van der Waals surface area contributed by atoms with Gasteiger partial charge < -0.3 is 14.6 Å². The number of hydrogen-bond acceptors (Lipinski definition) is 6. The average Bonchev–Trinajstić information content (AvgIpc) is 2.92. The number of ether oxygens (including phenoxy) is 1. The molecule has 2 aromatic rings. The van der Waals surface area contributed by atoms with E-state index in [1.807, 2.05) is 0 Å². The second-order valence-electron chi connectivity index (χ2n) is 6.12. The van der Waals surface area contributed by atoms with E-state index in [1.54, 1.807) is 23.6 Å². The molecule has 27 heavy (non-hydrogen) atoms. The Balaban J connectivity index is 1.95. The average molecular weight is 437 g/mol. The van der Waals surface area contributed by atoms with Gasteiger partial charge >= 0.3 is 5.97 Å². The summed E-state index contributed by atoms with van der Waals surface area (Å²) < 4.78 is 6.97. The van der Waals surface area contributed by atoms with Gasteiger partial charge in [-0.15, -0.1) is 0 Å². The third-order valence-corrected chi connectivity index (χ3v) is 4.77. The normalized spacial score (nSPS) is 16.9. The fraction of sp³-hybridized carbons (Fsp3) is 0.353. The molecule has 1 unspecified atom stereocenters. The van der Waals surface area contributed by atoms with Gasteiger partial charge in [0.15, 0.2) is 0 Å². The summed E-state index contributed by atoms with van der Waals surface area (Å²) in [6.07, 6.45) is 0.404. The topological polar surface area (TPSA) is 119 Å². The highest BCUT2D eigenvalue weighted by Crippen LogP contribution is 2.25. The molecule has 9 nitrogen and oxygen atoms in total. The highest BCUT2D eigenvalue weighted by molar-refractivity contribution is 9.10. The van der Waals surface area contributed by atoms with E-state index in [0.717, 1.165) is 0 Å². The zero-order valence-corrected chi connectivity index (χ0v) is 16.3. The Morgan fingerprint density at radius 3 is 2.81 bits per heavy atom. The van der Waals surface area contributed by atoms with Crippen molar-refractivity contribution in [3.05, 3.63) is 28.0 Å². The van der Waals surface area contributed by atoms with Crippen LogP contribution >= 0.6 is 15.9 Å². The van der Waals surface area contributed by atoms with E-state index in [-0.39, 0.29) is 30.9 Å². The van der Waals surface area contributed by atoms with Crippen molar-refractivity contribution in [3.63, 3.8) is 0 Å². The fourth-order valence-corrected chi connectivity index (χ4v) is 3.38. The standard InChI is InChI=1S/C17H17BrN4O5/c1-8-19-15-10(16(25)20-11-3-4-13(23)21-17(11)26)5-9(18)6-12(15)22(8)7-14(24)27-2/h5-6,11H,3-4,7H2,1-2H3,(H,20,25)(H,21,23,26). The molecule has 142 valence electrons. The zero-order valence-electron chi connectivity index (χ0n) is 14.7. The smallest absolute Gasteiger partial charge is 0.325 e. The van der Waals surface area contributed by atoms with Crippen molar-refractivity contribution in [3.8, 4) is 0 Å². The van der Waals surface area contributed by atoms with Crippen LogP contribution in [0, 0.1) is 6.92 Å². The molecule has 2 heterocycles. The van der Waals surface area contributed by atoms with Crippen LogP contribution in [0.5, 0.6) is 0 Å². The SMILES string of the molecule is COC(=O)Cn1c(C)nc2c(C(=O)NC3CCC(=O)NC3=O)cc(Br)cc21. The number of piperidine rings is 1. The van der Waals surface area contributed by atoms with Gasteiger partial charge in [0.2, 0.25) is 11.8 Å². The van der Waals surface area contributed by atoms with Crippen molar-refractivity contribution in [2.75, 3.05) is 7.11 Å². The summed E-state index contributed by atoms with van der Waals surface area (Å²) in [5.41, 5.74) is 1.25. The summed E-state index contributed by atoms with van der Waals surface area (Å²) in [6, 6.07) is 2.56. The number of aromatic nitrogens is 2. The largest absolute Gasteiger partial charge is 0.468 e. The molecule has 1 aliphatic heterocycles. The lowest BCUT2D eigenvalue weighted by Gasteiger charge is -2.21. The zero-order chi connectivity index (χ0) is 19.7. The molecule has 0 radical (unpaired) electrons. The Hall–Kier alpha value is -2.75. The van der Waals surface area contributed by atoms with E-state index in [2.05, 4.69) is 31.5 Å². The fourth-order valence-electron chi connectivity index (χ4n) is 2.94.